The van der Waals surface area contributed by atoms with Gasteiger partial charge in [0.25, 0.3) is 0 Å². The minimum atomic E-state index is -4.58. The summed E-state index contributed by atoms with van der Waals surface area (Å²) < 4.78 is 39.2. The SMILES string of the molecule is N#Cc1ccc(Nc2ncncc2I)cc1C(F)(F)F. The zero-order chi connectivity index (χ0) is 14.8. The van der Waals surface area contributed by atoms with Gasteiger partial charge in [-0.2, -0.15) is 18.4 Å². The van der Waals surface area contributed by atoms with E-state index in [1.807, 2.05) is 22.6 Å². The molecule has 1 heterocycles. The number of aromatic nitrogens is 2. The van der Waals surface area contributed by atoms with Crippen LogP contribution in [0.4, 0.5) is 24.7 Å². The van der Waals surface area contributed by atoms with Gasteiger partial charge in [0.05, 0.1) is 20.8 Å². The van der Waals surface area contributed by atoms with Crippen molar-refractivity contribution in [1.29, 1.82) is 5.26 Å². The molecule has 102 valence electrons. The molecule has 4 nitrogen and oxygen atoms in total. The Hall–Kier alpha value is -1.89. The second-order valence-corrected chi connectivity index (χ2v) is 4.88. The Morgan fingerprint density at radius 3 is 2.65 bits per heavy atom. The van der Waals surface area contributed by atoms with Crippen LogP contribution >= 0.6 is 22.6 Å². The van der Waals surface area contributed by atoms with Gasteiger partial charge < -0.3 is 5.32 Å². The predicted octanol–water partition coefficient (Wildman–Crippen LogP) is 3.72. The summed E-state index contributed by atoms with van der Waals surface area (Å²) in [6.07, 6.45) is -1.76. The van der Waals surface area contributed by atoms with Crippen molar-refractivity contribution < 1.29 is 13.2 Å². The lowest BCUT2D eigenvalue weighted by molar-refractivity contribution is -0.137. The fraction of sp³-hybridized carbons (Fsp3) is 0.0833. The number of hydrogen-bond acceptors (Lipinski definition) is 4. The lowest BCUT2D eigenvalue weighted by Crippen LogP contribution is -2.08. The molecule has 0 bridgehead atoms. The van der Waals surface area contributed by atoms with E-state index in [2.05, 4.69) is 15.3 Å². The van der Waals surface area contributed by atoms with Crippen LogP contribution in [-0.4, -0.2) is 9.97 Å². The first-order valence-corrected chi connectivity index (χ1v) is 6.33. The minimum Gasteiger partial charge on any atom is -0.339 e. The zero-order valence-corrected chi connectivity index (χ0v) is 11.9. The van der Waals surface area contributed by atoms with E-state index in [1.54, 1.807) is 0 Å². The maximum atomic E-state index is 12.8. The summed E-state index contributed by atoms with van der Waals surface area (Å²) in [6.45, 7) is 0. The smallest absolute Gasteiger partial charge is 0.339 e. The largest absolute Gasteiger partial charge is 0.417 e. The summed E-state index contributed by atoms with van der Waals surface area (Å²) >= 11 is 1.96. The molecule has 0 unspecified atom stereocenters. The second-order valence-electron chi connectivity index (χ2n) is 3.71. The van der Waals surface area contributed by atoms with Crippen molar-refractivity contribution in [3.63, 3.8) is 0 Å². The Morgan fingerprint density at radius 2 is 2.05 bits per heavy atom. The molecule has 0 saturated heterocycles. The van der Waals surface area contributed by atoms with Crippen molar-refractivity contribution in [3.8, 4) is 6.07 Å². The molecular formula is C12H6F3IN4. The average molecular weight is 390 g/mol. The van der Waals surface area contributed by atoms with Crippen LogP contribution in [0.15, 0.2) is 30.7 Å². The molecule has 0 atom stereocenters. The first-order chi connectivity index (χ1) is 9.41. The van der Waals surface area contributed by atoms with Crippen LogP contribution in [0.5, 0.6) is 0 Å². The van der Waals surface area contributed by atoms with Crippen molar-refractivity contribution in [3.05, 3.63) is 45.4 Å². The molecule has 0 spiro atoms. The fourth-order valence-corrected chi connectivity index (χ4v) is 1.93. The molecule has 0 fully saturated rings. The summed E-state index contributed by atoms with van der Waals surface area (Å²) in [5.74, 6) is 0.401. The highest BCUT2D eigenvalue weighted by Gasteiger charge is 2.33. The first-order valence-electron chi connectivity index (χ1n) is 5.25. The molecule has 0 aliphatic heterocycles. The standard InChI is InChI=1S/C12H6F3IN4/c13-12(14,15)9-3-8(2-1-7(9)4-17)20-11-10(16)5-18-6-19-11/h1-3,5-6H,(H,18,19,20). The highest BCUT2D eigenvalue weighted by Crippen LogP contribution is 2.34. The van der Waals surface area contributed by atoms with Crippen LogP contribution in [0, 0.1) is 14.9 Å². The number of alkyl halides is 3. The molecule has 2 rings (SSSR count). The number of nitriles is 1. The van der Waals surface area contributed by atoms with Gasteiger partial charge in [0, 0.05) is 11.9 Å². The molecule has 0 amide bonds. The highest BCUT2D eigenvalue weighted by atomic mass is 127. The van der Waals surface area contributed by atoms with Gasteiger partial charge in [0.15, 0.2) is 0 Å². The van der Waals surface area contributed by atoms with E-state index in [4.69, 9.17) is 5.26 Å². The van der Waals surface area contributed by atoms with Crippen LogP contribution in [-0.2, 0) is 6.18 Å². The van der Waals surface area contributed by atoms with Crippen molar-refractivity contribution in [2.45, 2.75) is 6.18 Å². The van der Waals surface area contributed by atoms with Gasteiger partial charge in [-0.15, -0.1) is 0 Å². The Morgan fingerprint density at radius 1 is 1.30 bits per heavy atom. The van der Waals surface area contributed by atoms with Gasteiger partial charge in [-0.05, 0) is 40.8 Å². The van der Waals surface area contributed by atoms with Crippen molar-refractivity contribution in [2.75, 3.05) is 5.32 Å². The average Bonchev–Trinajstić information content (AvgIpc) is 2.40. The van der Waals surface area contributed by atoms with Gasteiger partial charge in [-0.3, -0.25) is 0 Å². The molecule has 1 N–H and O–H groups in total. The molecule has 0 aliphatic carbocycles. The van der Waals surface area contributed by atoms with Crippen LogP contribution in [0.1, 0.15) is 11.1 Å². The van der Waals surface area contributed by atoms with Crippen molar-refractivity contribution in [2.24, 2.45) is 0 Å². The molecular weight excluding hydrogens is 384 g/mol. The van der Waals surface area contributed by atoms with Gasteiger partial charge in [-0.25, -0.2) is 9.97 Å². The number of halogens is 4. The van der Waals surface area contributed by atoms with Gasteiger partial charge in [0.1, 0.15) is 12.1 Å². The zero-order valence-electron chi connectivity index (χ0n) is 9.74. The van der Waals surface area contributed by atoms with Crippen LogP contribution in [0.3, 0.4) is 0 Å². The summed E-state index contributed by atoms with van der Waals surface area (Å²) in [7, 11) is 0. The van der Waals surface area contributed by atoms with Crippen molar-refractivity contribution in [1.82, 2.24) is 9.97 Å². The van der Waals surface area contributed by atoms with E-state index < -0.39 is 17.3 Å². The summed E-state index contributed by atoms with van der Waals surface area (Å²) in [6, 6.07) is 4.93. The first kappa shape index (κ1) is 14.5. The Labute approximate surface area is 125 Å². The molecule has 1 aromatic carbocycles. The molecule has 0 aliphatic rings. The van der Waals surface area contributed by atoms with Crippen LogP contribution < -0.4 is 5.32 Å². The Balaban J connectivity index is 2.40. The third-order valence-corrected chi connectivity index (χ3v) is 3.17. The molecule has 1 aromatic heterocycles. The van der Waals surface area contributed by atoms with Gasteiger partial charge in [-0.1, -0.05) is 0 Å². The Kier molecular flexibility index (Phi) is 4.08. The van der Waals surface area contributed by atoms with E-state index in [0.717, 1.165) is 12.1 Å². The van der Waals surface area contributed by atoms with E-state index in [9.17, 15) is 13.2 Å². The third-order valence-electron chi connectivity index (χ3n) is 2.38. The van der Waals surface area contributed by atoms with Crippen LogP contribution in [0.25, 0.3) is 0 Å². The van der Waals surface area contributed by atoms with Crippen molar-refractivity contribution >= 4 is 34.1 Å². The maximum absolute atomic E-state index is 12.8. The quantitative estimate of drug-likeness (QED) is 0.795. The molecule has 0 saturated carbocycles. The van der Waals surface area contributed by atoms with Gasteiger partial charge in [0.2, 0.25) is 0 Å². The maximum Gasteiger partial charge on any atom is 0.417 e. The number of rotatable bonds is 2. The summed E-state index contributed by atoms with van der Waals surface area (Å²) in [5, 5.41) is 11.5. The molecule has 2 aromatic rings. The monoisotopic (exact) mass is 390 g/mol. The molecule has 0 radical (unpaired) electrons. The van der Waals surface area contributed by atoms with E-state index in [-0.39, 0.29) is 5.69 Å². The molecule has 20 heavy (non-hydrogen) atoms. The minimum absolute atomic E-state index is 0.202. The normalized spacial score (nSPS) is 10.9. The number of hydrogen-bond donors (Lipinski definition) is 1. The third kappa shape index (κ3) is 3.16. The number of nitrogens with zero attached hydrogens (tertiary/aromatic N) is 3. The topological polar surface area (TPSA) is 61.6 Å². The Bertz CT molecular complexity index is 679. The fourth-order valence-electron chi connectivity index (χ4n) is 1.50. The van der Waals surface area contributed by atoms with Gasteiger partial charge >= 0.3 is 6.18 Å². The highest BCUT2D eigenvalue weighted by molar-refractivity contribution is 14.1. The van der Waals surface area contributed by atoms with Crippen LogP contribution in [0.2, 0.25) is 0 Å². The number of nitrogens with one attached hydrogen (secondary N) is 1. The van der Waals surface area contributed by atoms with E-state index in [1.165, 1.54) is 24.7 Å². The lowest BCUT2D eigenvalue weighted by atomic mass is 10.1. The number of benzene rings is 1. The predicted molar refractivity (Wildman–Crippen MR) is 74.2 cm³/mol. The number of anilines is 2. The van der Waals surface area contributed by atoms with E-state index in [0.29, 0.717) is 9.39 Å². The summed E-state index contributed by atoms with van der Waals surface area (Å²) in [4.78, 5) is 7.72. The second kappa shape index (κ2) is 5.62. The molecule has 8 heteroatoms. The van der Waals surface area contributed by atoms with E-state index >= 15 is 0 Å². The summed E-state index contributed by atoms with van der Waals surface area (Å²) in [5.41, 5.74) is -1.19. The lowest BCUT2D eigenvalue weighted by Gasteiger charge is -2.12.